The van der Waals surface area contributed by atoms with E-state index in [0.717, 1.165) is 34.5 Å². The summed E-state index contributed by atoms with van der Waals surface area (Å²) in [6.45, 7) is 0.811. The molecule has 1 amide bonds. The molecule has 0 saturated heterocycles. The Hall–Kier alpha value is -3.21. The Morgan fingerprint density at radius 3 is 2.88 bits per heavy atom. The van der Waals surface area contributed by atoms with Crippen LogP contribution >= 0.6 is 0 Å². The van der Waals surface area contributed by atoms with Gasteiger partial charge in [-0.1, -0.05) is 24.3 Å². The van der Waals surface area contributed by atoms with Crippen LogP contribution in [0.4, 0.5) is 0 Å². The quantitative estimate of drug-likeness (QED) is 0.725. The predicted octanol–water partition coefficient (Wildman–Crippen LogP) is 3.53. The number of hydrogen-bond acceptors (Lipinski definition) is 4. The Morgan fingerprint density at radius 1 is 1.08 bits per heavy atom. The molecule has 1 aliphatic heterocycles. The lowest BCUT2D eigenvalue weighted by molar-refractivity contribution is -0.116. The van der Waals surface area contributed by atoms with Crippen molar-refractivity contribution in [1.82, 2.24) is 5.32 Å². The molecule has 0 saturated carbocycles. The molecule has 25 heavy (non-hydrogen) atoms. The Morgan fingerprint density at radius 2 is 1.96 bits per heavy atom. The van der Waals surface area contributed by atoms with E-state index >= 15 is 0 Å². The zero-order valence-electron chi connectivity index (χ0n) is 13.5. The number of benzene rings is 2. The summed E-state index contributed by atoms with van der Waals surface area (Å²) in [4.78, 5) is 11.9. The molecular formula is C20H17NO4. The number of furan rings is 1. The molecule has 1 N–H and O–H groups in total. The van der Waals surface area contributed by atoms with E-state index in [2.05, 4.69) is 5.32 Å². The largest absolute Gasteiger partial charge is 0.457 e. The van der Waals surface area contributed by atoms with Gasteiger partial charge in [-0.05, 0) is 42.3 Å². The summed E-state index contributed by atoms with van der Waals surface area (Å²) in [5, 5.41) is 3.88. The molecule has 1 aromatic heterocycles. The fourth-order valence-electron chi connectivity index (χ4n) is 2.73. The fraction of sp³-hybridized carbons (Fsp3) is 0.150. The number of hydrogen-bond donors (Lipinski definition) is 1. The maximum Gasteiger partial charge on any atom is 0.244 e. The third kappa shape index (κ3) is 3.50. The molecule has 1 aliphatic rings. The van der Waals surface area contributed by atoms with Crippen LogP contribution < -0.4 is 14.8 Å². The van der Waals surface area contributed by atoms with Gasteiger partial charge in [-0.2, -0.15) is 0 Å². The predicted molar refractivity (Wildman–Crippen MR) is 94.5 cm³/mol. The van der Waals surface area contributed by atoms with Gasteiger partial charge in [0.05, 0.1) is 0 Å². The van der Waals surface area contributed by atoms with Gasteiger partial charge in [0, 0.05) is 18.0 Å². The molecule has 0 atom stereocenters. The van der Waals surface area contributed by atoms with Gasteiger partial charge >= 0.3 is 0 Å². The van der Waals surface area contributed by atoms with Gasteiger partial charge in [0.15, 0.2) is 11.5 Å². The molecule has 4 rings (SSSR count). The lowest BCUT2D eigenvalue weighted by Gasteiger charge is -2.04. The van der Waals surface area contributed by atoms with Gasteiger partial charge in [-0.25, -0.2) is 0 Å². The molecule has 2 aromatic carbocycles. The van der Waals surface area contributed by atoms with Crippen molar-refractivity contribution in [3.8, 4) is 11.5 Å². The Bertz CT molecular complexity index is 909. The van der Waals surface area contributed by atoms with Crippen LogP contribution in [0.2, 0.25) is 0 Å². The number of carbonyl (C=O) groups excluding carboxylic acids is 1. The van der Waals surface area contributed by atoms with E-state index in [1.807, 2.05) is 48.5 Å². The highest BCUT2D eigenvalue weighted by Crippen LogP contribution is 2.32. The van der Waals surface area contributed by atoms with Crippen molar-refractivity contribution in [2.75, 3.05) is 13.3 Å². The van der Waals surface area contributed by atoms with E-state index < -0.39 is 0 Å². The SMILES string of the molecule is O=C(/C=C/c1cc2ccccc2o1)NCCc1ccc2c(c1)OCO2. The van der Waals surface area contributed by atoms with Crippen molar-refractivity contribution < 1.29 is 18.7 Å². The molecule has 3 aromatic rings. The number of para-hydroxylation sites is 1. The highest BCUT2D eigenvalue weighted by molar-refractivity contribution is 5.92. The zero-order valence-corrected chi connectivity index (χ0v) is 13.5. The molecule has 5 heteroatoms. The summed E-state index contributed by atoms with van der Waals surface area (Å²) >= 11 is 0. The Balaban J connectivity index is 1.30. The van der Waals surface area contributed by atoms with Gasteiger partial charge in [0.2, 0.25) is 12.7 Å². The lowest BCUT2D eigenvalue weighted by atomic mass is 10.1. The molecular weight excluding hydrogens is 318 g/mol. The molecule has 0 radical (unpaired) electrons. The second-order valence-electron chi connectivity index (χ2n) is 5.75. The summed E-state index contributed by atoms with van der Waals surface area (Å²) in [7, 11) is 0. The molecule has 0 aliphatic carbocycles. The van der Waals surface area contributed by atoms with Crippen LogP contribution in [-0.2, 0) is 11.2 Å². The number of carbonyl (C=O) groups is 1. The van der Waals surface area contributed by atoms with Crippen LogP contribution in [0.5, 0.6) is 11.5 Å². The normalized spacial score (nSPS) is 12.8. The highest BCUT2D eigenvalue weighted by atomic mass is 16.7. The third-order valence-electron chi connectivity index (χ3n) is 3.99. The topological polar surface area (TPSA) is 60.7 Å². The molecule has 126 valence electrons. The molecule has 0 unspecified atom stereocenters. The summed E-state index contributed by atoms with van der Waals surface area (Å²) in [6.07, 6.45) is 3.88. The van der Waals surface area contributed by atoms with Crippen molar-refractivity contribution in [3.63, 3.8) is 0 Å². The summed E-state index contributed by atoms with van der Waals surface area (Å²) in [5.41, 5.74) is 1.90. The minimum atomic E-state index is -0.152. The van der Waals surface area contributed by atoms with Crippen molar-refractivity contribution in [2.45, 2.75) is 6.42 Å². The first-order valence-electron chi connectivity index (χ1n) is 8.11. The average Bonchev–Trinajstić information content (AvgIpc) is 3.25. The van der Waals surface area contributed by atoms with Crippen molar-refractivity contribution >= 4 is 23.0 Å². The zero-order chi connectivity index (χ0) is 17.1. The number of amides is 1. The highest BCUT2D eigenvalue weighted by Gasteiger charge is 2.12. The van der Waals surface area contributed by atoms with E-state index in [9.17, 15) is 4.79 Å². The van der Waals surface area contributed by atoms with Gasteiger partial charge < -0.3 is 19.2 Å². The number of fused-ring (bicyclic) bond motifs is 2. The van der Waals surface area contributed by atoms with E-state index in [-0.39, 0.29) is 12.7 Å². The van der Waals surface area contributed by atoms with Gasteiger partial charge in [0.1, 0.15) is 11.3 Å². The average molecular weight is 335 g/mol. The first-order chi connectivity index (χ1) is 12.3. The van der Waals surface area contributed by atoms with Crippen molar-refractivity contribution in [2.24, 2.45) is 0 Å². The summed E-state index contributed by atoms with van der Waals surface area (Å²) < 4.78 is 16.3. The Kier molecular flexibility index (Phi) is 4.12. The van der Waals surface area contributed by atoms with E-state index in [1.165, 1.54) is 6.08 Å². The molecule has 0 bridgehead atoms. The van der Waals surface area contributed by atoms with Crippen LogP contribution in [0.3, 0.4) is 0 Å². The molecule has 2 heterocycles. The monoisotopic (exact) mass is 335 g/mol. The van der Waals surface area contributed by atoms with E-state index in [0.29, 0.717) is 12.3 Å². The lowest BCUT2D eigenvalue weighted by Crippen LogP contribution is -2.23. The van der Waals surface area contributed by atoms with Crippen molar-refractivity contribution in [3.05, 3.63) is 65.9 Å². The standard InChI is InChI=1S/C20H17NO4/c22-20(8-6-16-12-15-3-1-2-4-17(15)25-16)21-10-9-14-5-7-18-19(11-14)24-13-23-18/h1-8,11-12H,9-10,13H2,(H,21,22)/b8-6+. The van der Waals surface area contributed by atoms with E-state index in [1.54, 1.807) is 6.08 Å². The van der Waals surface area contributed by atoms with Crippen LogP contribution in [-0.4, -0.2) is 19.2 Å². The molecule has 0 spiro atoms. The molecule has 0 fully saturated rings. The van der Waals surface area contributed by atoms with Crippen LogP contribution in [0.15, 0.2) is 59.0 Å². The maximum atomic E-state index is 11.9. The van der Waals surface area contributed by atoms with Crippen LogP contribution in [0, 0.1) is 0 Å². The number of rotatable bonds is 5. The second kappa shape index (κ2) is 6.73. The first kappa shape index (κ1) is 15.3. The van der Waals surface area contributed by atoms with Crippen LogP contribution in [0.25, 0.3) is 17.0 Å². The smallest absolute Gasteiger partial charge is 0.244 e. The fourth-order valence-corrected chi connectivity index (χ4v) is 2.73. The number of ether oxygens (including phenoxy) is 2. The molecule has 5 nitrogen and oxygen atoms in total. The van der Waals surface area contributed by atoms with Crippen molar-refractivity contribution in [1.29, 1.82) is 0 Å². The van der Waals surface area contributed by atoms with Gasteiger partial charge in [0.25, 0.3) is 0 Å². The minimum Gasteiger partial charge on any atom is -0.457 e. The summed E-state index contributed by atoms with van der Waals surface area (Å²) in [6, 6.07) is 15.5. The Labute approximate surface area is 144 Å². The first-order valence-corrected chi connectivity index (χ1v) is 8.11. The van der Waals surface area contributed by atoms with Gasteiger partial charge in [-0.15, -0.1) is 0 Å². The van der Waals surface area contributed by atoms with E-state index in [4.69, 9.17) is 13.9 Å². The van der Waals surface area contributed by atoms with Crippen LogP contribution in [0.1, 0.15) is 11.3 Å². The minimum absolute atomic E-state index is 0.152. The maximum absolute atomic E-state index is 11.9. The number of nitrogens with one attached hydrogen (secondary N) is 1. The second-order valence-corrected chi connectivity index (χ2v) is 5.75. The summed E-state index contributed by atoms with van der Waals surface area (Å²) in [5.74, 6) is 2.03. The third-order valence-corrected chi connectivity index (χ3v) is 3.99. The van der Waals surface area contributed by atoms with Gasteiger partial charge in [-0.3, -0.25) is 4.79 Å².